The van der Waals surface area contributed by atoms with Gasteiger partial charge in [0.2, 0.25) is 5.88 Å². The third-order valence-corrected chi connectivity index (χ3v) is 6.25. The van der Waals surface area contributed by atoms with Gasteiger partial charge in [0.25, 0.3) is 15.9 Å². The zero-order chi connectivity index (χ0) is 23.3. The third-order valence-electron chi connectivity index (χ3n) is 4.87. The first-order chi connectivity index (χ1) is 15.9. The first kappa shape index (κ1) is 22.4. The quantitative estimate of drug-likeness (QED) is 0.546. The van der Waals surface area contributed by atoms with Gasteiger partial charge in [-0.2, -0.15) is 0 Å². The number of carbonyl (C=O) groups is 1. The lowest BCUT2D eigenvalue weighted by Crippen LogP contribution is -2.23. The van der Waals surface area contributed by atoms with Crippen molar-refractivity contribution < 1.29 is 27.4 Å². The van der Waals surface area contributed by atoms with Crippen LogP contribution in [0.1, 0.15) is 22.3 Å². The average molecular weight is 470 g/mol. The van der Waals surface area contributed by atoms with Crippen LogP contribution in [-0.4, -0.2) is 39.6 Å². The Hall–Kier alpha value is -3.79. The van der Waals surface area contributed by atoms with Crippen LogP contribution in [0.15, 0.2) is 65.7 Å². The molecule has 0 aliphatic carbocycles. The monoisotopic (exact) mass is 469 g/mol. The summed E-state index contributed by atoms with van der Waals surface area (Å²) in [4.78, 5) is 16.7. The van der Waals surface area contributed by atoms with Crippen molar-refractivity contribution in [3.05, 3.63) is 71.9 Å². The SMILES string of the molecule is COc1cc(CNC(=O)c2cccc(NS(=O)(=O)c3ccc4c(c3)OCCCO4)c2)ccn1. The zero-order valence-corrected chi connectivity index (χ0v) is 18.7. The van der Waals surface area contributed by atoms with Crippen molar-refractivity contribution in [1.82, 2.24) is 10.3 Å². The second-order valence-electron chi connectivity index (χ2n) is 7.23. The molecule has 33 heavy (non-hydrogen) atoms. The molecular formula is C23H23N3O6S. The molecule has 0 radical (unpaired) electrons. The molecule has 1 aromatic heterocycles. The van der Waals surface area contributed by atoms with Gasteiger partial charge >= 0.3 is 0 Å². The molecule has 0 bridgehead atoms. The smallest absolute Gasteiger partial charge is 0.262 e. The van der Waals surface area contributed by atoms with Crippen LogP contribution in [0.25, 0.3) is 0 Å². The zero-order valence-electron chi connectivity index (χ0n) is 17.9. The van der Waals surface area contributed by atoms with E-state index in [1.54, 1.807) is 42.6 Å². The van der Waals surface area contributed by atoms with Crippen LogP contribution in [-0.2, 0) is 16.6 Å². The Bertz CT molecular complexity index is 1260. The minimum Gasteiger partial charge on any atom is -0.490 e. The first-order valence-corrected chi connectivity index (χ1v) is 11.7. The van der Waals surface area contributed by atoms with Crippen molar-refractivity contribution in [2.45, 2.75) is 17.9 Å². The van der Waals surface area contributed by atoms with Crippen molar-refractivity contribution in [2.24, 2.45) is 0 Å². The Balaban J connectivity index is 1.46. The number of aromatic nitrogens is 1. The van der Waals surface area contributed by atoms with Gasteiger partial charge in [0.05, 0.1) is 25.2 Å². The van der Waals surface area contributed by atoms with E-state index in [1.165, 1.54) is 25.3 Å². The highest BCUT2D eigenvalue weighted by atomic mass is 32.2. The van der Waals surface area contributed by atoms with Gasteiger partial charge in [0.15, 0.2) is 11.5 Å². The van der Waals surface area contributed by atoms with Gasteiger partial charge in [0, 0.05) is 42.5 Å². The third kappa shape index (κ3) is 5.53. The van der Waals surface area contributed by atoms with E-state index in [0.717, 1.165) is 12.0 Å². The molecule has 10 heteroatoms. The Morgan fingerprint density at radius 3 is 2.70 bits per heavy atom. The standard InChI is InChI=1S/C23H23N3O6S/c1-30-22-12-16(8-9-24-22)15-25-23(27)17-4-2-5-18(13-17)26-33(28,29)19-6-7-20-21(14-19)32-11-3-10-31-20/h2,4-9,12-14,26H,3,10-11,15H2,1H3,(H,25,27). The lowest BCUT2D eigenvalue weighted by molar-refractivity contribution is 0.0951. The second kappa shape index (κ2) is 9.78. The molecule has 0 atom stereocenters. The van der Waals surface area contributed by atoms with Gasteiger partial charge in [-0.15, -0.1) is 0 Å². The summed E-state index contributed by atoms with van der Waals surface area (Å²) in [5.74, 6) is 1.00. The van der Waals surface area contributed by atoms with Gasteiger partial charge in [-0.3, -0.25) is 9.52 Å². The molecule has 1 aliphatic heterocycles. The number of carbonyl (C=O) groups excluding carboxylic acids is 1. The highest BCUT2D eigenvalue weighted by molar-refractivity contribution is 7.92. The lowest BCUT2D eigenvalue weighted by Gasteiger charge is -2.12. The molecule has 9 nitrogen and oxygen atoms in total. The number of rotatable bonds is 7. The van der Waals surface area contributed by atoms with Crippen LogP contribution in [0.5, 0.6) is 17.4 Å². The van der Waals surface area contributed by atoms with Crippen molar-refractivity contribution in [2.75, 3.05) is 25.0 Å². The molecule has 172 valence electrons. The Kier molecular flexibility index (Phi) is 6.64. The summed E-state index contributed by atoms with van der Waals surface area (Å²) in [6.45, 7) is 1.24. The molecule has 2 aromatic carbocycles. The van der Waals surface area contributed by atoms with E-state index >= 15 is 0 Å². The van der Waals surface area contributed by atoms with Crippen molar-refractivity contribution in [3.8, 4) is 17.4 Å². The van der Waals surface area contributed by atoms with Crippen molar-refractivity contribution in [3.63, 3.8) is 0 Å². The molecule has 0 unspecified atom stereocenters. The van der Waals surface area contributed by atoms with Crippen molar-refractivity contribution >= 4 is 21.6 Å². The Morgan fingerprint density at radius 1 is 1.06 bits per heavy atom. The van der Waals surface area contributed by atoms with E-state index in [4.69, 9.17) is 14.2 Å². The Labute approximate surface area is 191 Å². The average Bonchev–Trinajstić information content (AvgIpc) is 3.07. The largest absolute Gasteiger partial charge is 0.490 e. The number of ether oxygens (including phenoxy) is 3. The second-order valence-corrected chi connectivity index (χ2v) is 8.92. The molecule has 2 N–H and O–H groups in total. The van der Waals surface area contributed by atoms with E-state index in [-0.39, 0.29) is 23.0 Å². The first-order valence-electron chi connectivity index (χ1n) is 10.2. The number of pyridine rings is 1. The number of nitrogens with zero attached hydrogens (tertiary/aromatic N) is 1. The van der Waals surface area contributed by atoms with Crippen LogP contribution in [0, 0.1) is 0 Å². The molecule has 0 saturated carbocycles. The maximum atomic E-state index is 12.9. The predicted molar refractivity (Wildman–Crippen MR) is 121 cm³/mol. The number of anilines is 1. The van der Waals surface area contributed by atoms with Crippen LogP contribution in [0.4, 0.5) is 5.69 Å². The van der Waals surface area contributed by atoms with E-state index in [2.05, 4.69) is 15.0 Å². The highest BCUT2D eigenvalue weighted by Crippen LogP contribution is 2.32. The highest BCUT2D eigenvalue weighted by Gasteiger charge is 2.19. The molecule has 4 rings (SSSR count). The van der Waals surface area contributed by atoms with E-state index in [9.17, 15) is 13.2 Å². The van der Waals surface area contributed by atoms with Gasteiger partial charge in [-0.25, -0.2) is 13.4 Å². The topological polar surface area (TPSA) is 116 Å². The normalized spacial score (nSPS) is 13.0. The van der Waals surface area contributed by atoms with Crippen LogP contribution in [0.2, 0.25) is 0 Å². The number of fused-ring (bicyclic) bond motifs is 1. The summed E-state index contributed by atoms with van der Waals surface area (Å²) >= 11 is 0. The maximum Gasteiger partial charge on any atom is 0.262 e. The number of amides is 1. The fourth-order valence-electron chi connectivity index (χ4n) is 3.21. The lowest BCUT2D eigenvalue weighted by atomic mass is 10.2. The molecule has 3 aromatic rings. The number of methoxy groups -OCH3 is 1. The summed E-state index contributed by atoms with van der Waals surface area (Å²) < 4.78 is 44.5. The predicted octanol–water partition coefficient (Wildman–Crippen LogP) is 2.98. The summed E-state index contributed by atoms with van der Waals surface area (Å²) in [5, 5.41) is 2.80. The van der Waals surface area contributed by atoms with E-state index in [1.807, 2.05) is 0 Å². The van der Waals surface area contributed by atoms with Crippen LogP contribution in [0.3, 0.4) is 0 Å². The van der Waals surface area contributed by atoms with Crippen LogP contribution < -0.4 is 24.2 Å². The molecule has 2 heterocycles. The number of hydrogen-bond donors (Lipinski definition) is 2. The summed E-state index contributed by atoms with van der Waals surface area (Å²) in [7, 11) is -2.38. The molecule has 1 aliphatic rings. The van der Waals surface area contributed by atoms with E-state index < -0.39 is 10.0 Å². The number of hydrogen-bond acceptors (Lipinski definition) is 7. The van der Waals surface area contributed by atoms with Gasteiger partial charge in [-0.1, -0.05) is 6.07 Å². The van der Waals surface area contributed by atoms with Gasteiger partial charge in [-0.05, 0) is 42.0 Å². The number of nitrogens with one attached hydrogen (secondary N) is 2. The summed E-state index contributed by atoms with van der Waals surface area (Å²) in [6.07, 6.45) is 2.31. The molecule has 0 fully saturated rings. The minimum atomic E-state index is -3.90. The minimum absolute atomic E-state index is 0.0354. The fraction of sp³-hybridized carbons (Fsp3) is 0.217. The number of benzene rings is 2. The molecular weight excluding hydrogens is 446 g/mol. The number of sulfonamides is 1. The summed E-state index contributed by atoms with van der Waals surface area (Å²) in [6, 6.07) is 14.2. The van der Waals surface area contributed by atoms with Gasteiger partial charge < -0.3 is 19.5 Å². The summed E-state index contributed by atoms with van der Waals surface area (Å²) in [5.41, 5.74) is 1.40. The Morgan fingerprint density at radius 2 is 1.88 bits per heavy atom. The van der Waals surface area contributed by atoms with E-state index in [0.29, 0.717) is 36.2 Å². The molecule has 0 spiro atoms. The molecule has 0 saturated heterocycles. The fourth-order valence-corrected chi connectivity index (χ4v) is 4.27. The van der Waals surface area contributed by atoms with Gasteiger partial charge in [0.1, 0.15) is 0 Å². The van der Waals surface area contributed by atoms with Crippen LogP contribution >= 0.6 is 0 Å². The maximum absolute atomic E-state index is 12.9. The van der Waals surface area contributed by atoms with Crippen molar-refractivity contribution in [1.29, 1.82) is 0 Å². The molecule has 1 amide bonds.